The molecule has 0 radical (unpaired) electrons. The second-order valence-electron chi connectivity index (χ2n) is 7.14. The second-order valence-corrected chi connectivity index (χ2v) is 7.95. The minimum absolute atomic E-state index is 0.0759. The number of hydrogen-bond acceptors (Lipinski definition) is 3. The minimum atomic E-state index is -0.265. The smallest absolute Gasteiger partial charge is 0.233 e. The van der Waals surface area contributed by atoms with E-state index in [4.69, 9.17) is 23.2 Å². The van der Waals surface area contributed by atoms with Gasteiger partial charge in [-0.05, 0) is 49.3 Å². The lowest BCUT2D eigenvalue weighted by Crippen LogP contribution is -2.35. The highest BCUT2D eigenvalue weighted by atomic mass is 35.5. The number of amides is 3. The molecular weight excluding hydrogens is 363 g/mol. The van der Waals surface area contributed by atoms with Gasteiger partial charge in [0.25, 0.3) is 0 Å². The molecule has 1 N–H and O–H groups in total. The highest BCUT2D eigenvalue weighted by Crippen LogP contribution is 2.56. The van der Waals surface area contributed by atoms with Crippen LogP contribution in [0.15, 0.2) is 18.2 Å². The molecule has 4 atom stereocenters. The van der Waals surface area contributed by atoms with E-state index in [2.05, 4.69) is 5.32 Å². The van der Waals surface area contributed by atoms with Gasteiger partial charge in [0.2, 0.25) is 17.7 Å². The van der Waals surface area contributed by atoms with Crippen LogP contribution in [0.3, 0.4) is 0 Å². The van der Waals surface area contributed by atoms with E-state index in [1.54, 1.807) is 18.2 Å². The number of fused-ring (bicyclic) bond motifs is 5. The molecular formula is C18H18Cl2N2O3. The van der Waals surface area contributed by atoms with E-state index in [-0.39, 0.29) is 42.5 Å². The lowest BCUT2D eigenvalue weighted by molar-refractivity contribution is -0.140. The Morgan fingerprint density at radius 1 is 1.08 bits per heavy atom. The molecule has 1 saturated heterocycles. The summed E-state index contributed by atoms with van der Waals surface area (Å²) in [5.41, 5.74) is 0.536. The topological polar surface area (TPSA) is 66.5 Å². The van der Waals surface area contributed by atoms with Crippen molar-refractivity contribution >= 4 is 46.6 Å². The van der Waals surface area contributed by atoms with Crippen LogP contribution in [0.5, 0.6) is 0 Å². The van der Waals surface area contributed by atoms with Crippen molar-refractivity contribution in [1.29, 1.82) is 0 Å². The summed E-state index contributed by atoms with van der Waals surface area (Å²) in [6, 6.07) is 4.82. The first-order valence-electron chi connectivity index (χ1n) is 8.56. The van der Waals surface area contributed by atoms with Crippen LogP contribution in [0, 0.1) is 23.7 Å². The number of rotatable bonds is 4. The van der Waals surface area contributed by atoms with Gasteiger partial charge in [0.1, 0.15) is 0 Å². The Balaban J connectivity index is 1.36. The van der Waals surface area contributed by atoms with Gasteiger partial charge in [0.15, 0.2) is 0 Å². The number of likely N-dealkylation sites (tertiary alicyclic amines) is 1. The Bertz CT molecular complexity index is 739. The molecule has 1 aliphatic heterocycles. The van der Waals surface area contributed by atoms with E-state index >= 15 is 0 Å². The number of anilines is 1. The highest BCUT2D eigenvalue weighted by molar-refractivity contribution is 6.42. The fourth-order valence-electron chi connectivity index (χ4n) is 4.70. The predicted octanol–water partition coefficient (Wildman–Crippen LogP) is 3.35. The zero-order valence-corrected chi connectivity index (χ0v) is 15.0. The molecule has 0 aromatic heterocycles. The van der Waals surface area contributed by atoms with Gasteiger partial charge >= 0.3 is 0 Å². The summed E-state index contributed by atoms with van der Waals surface area (Å²) in [7, 11) is 0. The fraction of sp³-hybridized carbons (Fsp3) is 0.500. The van der Waals surface area contributed by atoms with E-state index in [1.165, 1.54) is 4.90 Å². The standard InChI is InChI=1S/C18H18Cl2N2O3/c19-12-4-3-11(8-13(12)20)21-14(23)5-6-22-17(24)15-9-1-2-10(7-9)16(15)18(22)25/h3-4,8-10,15-16H,1-2,5-7H2,(H,21,23)/t9-,10-,15+,16+/m0/s1. The summed E-state index contributed by atoms with van der Waals surface area (Å²) >= 11 is 11.8. The van der Waals surface area contributed by atoms with E-state index in [9.17, 15) is 14.4 Å². The molecule has 132 valence electrons. The van der Waals surface area contributed by atoms with Crippen LogP contribution in [0.1, 0.15) is 25.7 Å². The molecule has 1 aromatic rings. The quantitative estimate of drug-likeness (QED) is 0.814. The maximum Gasteiger partial charge on any atom is 0.233 e. The first-order chi connectivity index (χ1) is 12.0. The molecule has 2 aliphatic carbocycles. The molecule has 2 bridgehead atoms. The van der Waals surface area contributed by atoms with Crippen LogP contribution in [0.4, 0.5) is 5.69 Å². The van der Waals surface area contributed by atoms with Crippen molar-refractivity contribution in [2.45, 2.75) is 25.7 Å². The maximum atomic E-state index is 12.6. The summed E-state index contributed by atoms with van der Waals surface area (Å²) in [4.78, 5) is 38.6. The molecule has 5 nitrogen and oxygen atoms in total. The van der Waals surface area contributed by atoms with Crippen molar-refractivity contribution < 1.29 is 14.4 Å². The maximum absolute atomic E-state index is 12.6. The molecule has 3 amide bonds. The number of carbonyl (C=O) groups is 3. The zero-order chi connectivity index (χ0) is 17.7. The summed E-state index contributed by atoms with van der Waals surface area (Å²) < 4.78 is 0. The van der Waals surface area contributed by atoms with Crippen molar-refractivity contribution in [2.24, 2.45) is 23.7 Å². The molecule has 1 aromatic carbocycles. The first kappa shape index (κ1) is 16.9. The summed E-state index contributed by atoms with van der Waals surface area (Å²) in [5, 5.41) is 3.48. The summed E-state index contributed by atoms with van der Waals surface area (Å²) in [5.74, 6) is 0.0323. The number of halogens is 2. The number of hydrogen-bond donors (Lipinski definition) is 1. The number of nitrogens with zero attached hydrogens (tertiary/aromatic N) is 1. The molecule has 4 rings (SSSR count). The van der Waals surface area contributed by atoms with E-state index in [1.807, 2.05) is 0 Å². The monoisotopic (exact) mass is 380 g/mol. The van der Waals surface area contributed by atoms with E-state index < -0.39 is 0 Å². The third kappa shape index (κ3) is 2.83. The van der Waals surface area contributed by atoms with E-state index in [0.29, 0.717) is 27.6 Å². The Labute approximate surface area is 155 Å². The molecule has 1 heterocycles. The third-order valence-corrected chi connectivity index (χ3v) is 6.52. The van der Waals surface area contributed by atoms with Gasteiger partial charge in [-0.2, -0.15) is 0 Å². The number of nitrogens with one attached hydrogen (secondary N) is 1. The molecule has 0 spiro atoms. The van der Waals surface area contributed by atoms with Gasteiger partial charge in [-0.15, -0.1) is 0 Å². The highest BCUT2D eigenvalue weighted by Gasteiger charge is 2.60. The molecule has 3 fully saturated rings. The molecule has 7 heteroatoms. The van der Waals surface area contributed by atoms with Crippen LogP contribution in [0.25, 0.3) is 0 Å². The van der Waals surface area contributed by atoms with Crippen LogP contribution in [-0.2, 0) is 14.4 Å². The van der Waals surface area contributed by atoms with Crippen LogP contribution >= 0.6 is 23.2 Å². The second kappa shape index (κ2) is 6.29. The average molecular weight is 381 g/mol. The number of benzene rings is 1. The number of carbonyl (C=O) groups excluding carboxylic acids is 3. The molecule has 0 unspecified atom stereocenters. The van der Waals surface area contributed by atoms with Crippen LogP contribution in [-0.4, -0.2) is 29.2 Å². The van der Waals surface area contributed by atoms with Crippen LogP contribution in [0.2, 0.25) is 10.0 Å². The molecule has 3 aliphatic rings. The van der Waals surface area contributed by atoms with Gasteiger partial charge < -0.3 is 5.32 Å². The van der Waals surface area contributed by atoms with Gasteiger partial charge in [0.05, 0.1) is 21.9 Å². The SMILES string of the molecule is O=C(CCN1C(=O)[C@@H]2[C@H]3CC[C@@H](C3)[C@H]2C1=O)Nc1ccc(Cl)c(Cl)c1. The Morgan fingerprint density at radius 3 is 2.32 bits per heavy atom. The van der Waals surface area contributed by atoms with Crippen molar-refractivity contribution in [3.8, 4) is 0 Å². The third-order valence-electron chi connectivity index (χ3n) is 5.78. The first-order valence-corrected chi connectivity index (χ1v) is 9.31. The predicted molar refractivity (Wildman–Crippen MR) is 94.2 cm³/mol. The zero-order valence-electron chi connectivity index (χ0n) is 13.5. The normalized spacial score (nSPS) is 30.1. The molecule has 2 saturated carbocycles. The minimum Gasteiger partial charge on any atom is -0.326 e. The average Bonchev–Trinajstić information content (AvgIpc) is 3.24. The molecule has 25 heavy (non-hydrogen) atoms. The lowest BCUT2D eigenvalue weighted by Gasteiger charge is -2.19. The van der Waals surface area contributed by atoms with Gasteiger partial charge in [-0.1, -0.05) is 23.2 Å². The van der Waals surface area contributed by atoms with Gasteiger partial charge in [-0.3, -0.25) is 19.3 Å². The van der Waals surface area contributed by atoms with Crippen LogP contribution < -0.4 is 5.32 Å². The fourth-order valence-corrected chi connectivity index (χ4v) is 5.00. The van der Waals surface area contributed by atoms with Crippen molar-refractivity contribution in [2.75, 3.05) is 11.9 Å². The summed E-state index contributed by atoms with van der Waals surface area (Å²) in [6.45, 7) is 0.136. The Morgan fingerprint density at radius 2 is 1.72 bits per heavy atom. The Kier molecular flexibility index (Phi) is 4.24. The van der Waals surface area contributed by atoms with E-state index in [0.717, 1.165) is 19.3 Å². The van der Waals surface area contributed by atoms with Crippen molar-refractivity contribution in [1.82, 2.24) is 4.90 Å². The summed E-state index contributed by atoms with van der Waals surface area (Å²) in [6.07, 6.45) is 3.19. The van der Waals surface area contributed by atoms with Crippen molar-refractivity contribution in [3.63, 3.8) is 0 Å². The number of imide groups is 1. The van der Waals surface area contributed by atoms with Crippen molar-refractivity contribution in [3.05, 3.63) is 28.2 Å². The lowest BCUT2D eigenvalue weighted by atomic mass is 9.81. The van der Waals surface area contributed by atoms with Gasteiger partial charge in [-0.25, -0.2) is 0 Å². The Hall–Kier alpha value is -1.59. The largest absolute Gasteiger partial charge is 0.326 e. The van der Waals surface area contributed by atoms with Gasteiger partial charge in [0, 0.05) is 18.7 Å².